The van der Waals surface area contributed by atoms with Crippen LogP contribution in [0.2, 0.25) is 0 Å². The van der Waals surface area contributed by atoms with Gasteiger partial charge < -0.3 is 4.74 Å². The van der Waals surface area contributed by atoms with Crippen molar-refractivity contribution in [1.29, 1.82) is 5.26 Å². The topological polar surface area (TPSA) is 36.3 Å². The summed E-state index contributed by atoms with van der Waals surface area (Å²) in [6.07, 6.45) is 1.99. The Balaban J connectivity index is 2.38. The van der Waals surface area contributed by atoms with Crippen molar-refractivity contribution in [2.24, 2.45) is 0 Å². The molecule has 0 amide bonds. The maximum atomic E-state index is 8.86. The standard InChI is InChI=1S/C7H6Cl3NO/c8-6(9)2-1-3-7(10)5(6,4-11)12-7/h1-3H2/t5-,7-/m1/s1. The molecule has 5 heteroatoms. The zero-order valence-electron chi connectivity index (χ0n) is 6.11. The van der Waals surface area contributed by atoms with Crippen LogP contribution in [0, 0.1) is 11.3 Å². The molecule has 66 valence electrons. The lowest BCUT2D eigenvalue weighted by Crippen LogP contribution is -2.42. The van der Waals surface area contributed by atoms with Crippen LogP contribution in [-0.2, 0) is 4.74 Å². The van der Waals surface area contributed by atoms with Crippen molar-refractivity contribution in [3.8, 4) is 6.07 Å². The number of ether oxygens (including phenoxy) is 1. The summed E-state index contributed by atoms with van der Waals surface area (Å²) in [5.74, 6) is 0. The first-order valence-electron chi connectivity index (χ1n) is 3.66. The number of fused-ring (bicyclic) bond motifs is 1. The Morgan fingerprint density at radius 2 is 1.92 bits per heavy atom. The minimum atomic E-state index is -1.18. The Labute approximate surface area is 85.3 Å². The SMILES string of the molecule is N#C[C@]12O[C@]1(Cl)CCCC2(Cl)Cl. The van der Waals surface area contributed by atoms with Gasteiger partial charge in [0.05, 0.1) is 0 Å². The summed E-state index contributed by atoms with van der Waals surface area (Å²) in [5, 5.41) is 7.94. The molecule has 2 rings (SSSR count). The molecule has 1 heterocycles. The highest BCUT2D eigenvalue weighted by molar-refractivity contribution is 6.51. The molecular formula is C7H6Cl3NO. The van der Waals surface area contributed by atoms with Crippen molar-refractivity contribution in [3.05, 3.63) is 0 Å². The van der Waals surface area contributed by atoms with Crippen LogP contribution >= 0.6 is 34.8 Å². The van der Waals surface area contributed by atoms with Crippen LogP contribution in [0.15, 0.2) is 0 Å². The highest BCUT2D eigenvalue weighted by atomic mass is 35.5. The van der Waals surface area contributed by atoms with E-state index in [0.29, 0.717) is 12.8 Å². The average molecular weight is 226 g/mol. The smallest absolute Gasteiger partial charge is 0.231 e. The van der Waals surface area contributed by atoms with E-state index >= 15 is 0 Å². The maximum Gasteiger partial charge on any atom is 0.231 e. The van der Waals surface area contributed by atoms with E-state index in [1.807, 2.05) is 6.07 Å². The number of hydrogen-bond acceptors (Lipinski definition) is 2. The van der Waals surface area contributed by atoms with Crippen LogP contribution in [0.4, 0.5) is 0 Å². The highest BCUT2D eigenvalue weighted by Gasteiger charge is 2.81. The third-order valence-corrected chi connectivity index (χ3v) is 3.90. The van der Waals surface area contributed by atoms with E-state index in [-0.39, 0.29) is 0 Å². The molecule has 2 atom stereocenters. The molecule has 1 saturated carbocycles. The zero-order chi connectivity index (χ0) is 9.04. The second-order valence-electron chi connectivity index (χ2n) is 3.18. The Kier molecular flexibility index (Phi) is 1.64. The second kappa shape index (κ2) is 2.22. The third kappa shape index (κ3) is 0.807. The summed E-state index contributed by atoms with van der Waals surface area (Å²) < 4.78 is 4.01. The van der Waals surface area contributed by atoms with Gasteiger partial charge in [-0.25, -0.2) is 0 Å². The highest BCUT2D eigenvalue weighted by Crippen LogP contribution is 2.67. The Bertz CT molecular complexity index is 274. The number of halogens is 3. The lowest BCUT2D eigenvalue weighted by Gasteiger charge is -2.27. The fourth-order valence-corrected chi connectivity index (χ4v) is 2.98. The van der Waals surface area contributed by atoms with E-state index in [0.717, 1.165) is 6.42 Å². The molecule has 0 aromatic rings. The molecule has 1 aliphatic heterocycles. The van der Waals surface area contributed by atoms with Crippen molar-refractivity contribution in [3.63, 3.8) is 0 Å². The van der Waals surface area contributed by atoms with Gasteiger partial charge >= 0.3 is 0 Å². The van der Waals surface area contributed by atoms with Gasteiger partial charge in [0.1, 0.15) is 6.07 Å². The van der Waals surface area contributed by atoms with E-state index in [1.165, 1.54) is 0 Å². The van der Waals surface area contributed by atoms with E-state index in [1.54, 1.807) is 0 Å². The predicted molar refractivity (Wildman–Crippen MR) is 46.3 cm³/mol. The Morgan fingerprint density at radius 3 is 2.33 bits per heavy atom. The molecule has 0 N–H and O–H groups in total. The van der Waals surface area contributed by atoms with Gasteiger partial charge in [0, 0.05) is 0 Å². The van der Waals surface area contributed by atoms with E-state index < -0.39 is 15.0 Å². The van der Waals surface area contributed by atoms with Crippen LogP contribution in [0.5, 0.6) is 0 Å². The van der Waals surface area contributed by atoms with Crippen LogP contribution in [0.1, 0.15) is 19.3 Å². The molecule has 0 radical (unpaired) electrons. The lowest BCUT2D eigenvalue weighted by atomic mass is 9.88. The summed E-state index contributed by atoms with van der Waals surface area (Å²) in [7, 11) is 0. The average Bonchev–Trinajstić information content (AvgIpc) is 2.58. The van der Waals surface area contributed by atoms with Gasteiger partial charge in [-0.05, 0) is 19.3 Å². The molecule has 0 aromatic carbocycles. The molecular weight excluding hydrogens is 220 g/mol. The monoisotopic (exact) mass is 225 g/mol. The number of rotatable bonds is 0. The predicted octanol–water partition coefficient (Wildman–Crippen LogP) is 2.57. The first-order chi connectivity index (χ1) is 5.47. The van der Waals surface area contributed by atoms with Crippen molar-refractivity contribution in [2.75, 3.05) is 0 Å². The Hall–Kier alpha value is 0.320. The summed E-state index contributed by atoms with van der Waals surface area (Å²) in [6, 6.07) is 1.97. The van der Waals surface area contributed by atoms with Crippen molar-refractivity contribution in [1.82, 2.24) is 0 Å². The minimum Gasteiger partial charge on any atom is -0.327 e. The van der Waals surface area contributed by atoms with Crippen LogP contribution in [0.3, 0.4) is 0 Å². The third-order valence-electron chi connectivity index (χ3n) is 2.46. The quantitative estimate of drug-likeness (QED) is 0.470. The molecule has 0 bridgehead atoms. The minimum absolute atomic E-state index is 0.554. The summed E-state index contributed by atoms with van der Waals surface area (Å²) in [4.78, 5) is 0. The number of epoxide rings is 1. The zero-order valence-corrected chi connectivity index (χ0v) is 8.38. The summed E-state index contributed by atoms with van der Waals surface area (Å²) in [6.45, 7) is 0. The lowest BCUT2D eigenvalue weighted by molar-refractivity contribution is 0.316. The summed E-state index contributed by atoms with van der Waals surface area (Å²) >= 11 is 17.9. The van der Waals surface area contributed by atoms with Crippen LogP contribution in [-0.4, -0.2) is 15.0 Å². The number of hydrogen-bond donors (Lipinski definition) is 0. The summed E-state index contributed by atoms with van der Waals surface area (Å²) in [5.41, 5.74) is -1.18. The molecule has 0 unspecified atom stereocenters. The van der Waals surface area contributed by atoms with Gasteiger partial charge in [-0.2, -0.15) is 5.26 Å². The first-order valence-corrected chi connectivity index (χ1v) is 4.79. The van der Waals surface area contributed by atoms with E-state index in [9.17, 15) is 0 Å². The molecule has 0 aromatic heterocycles. The van der Waals surface area contributed by atoms with Crippen LogP contribution < -0.4 is 0 Å². The fraction of sp³-hybridized carbons (Fsp3) is 0.857. The van der Waals surface area contributed by atoms with E-state index in [2.05, 4.69) is 0 Å². The number of nitrogens with zero attached hydrogens (tertiary/aromatic N) is 1. The van der Waals surface area contributed by atoms with Crippen LogP contribution in [0.25, 0.3) is 0 Å². The first kappa shape index (κ1) is 8.90. The van der Waals surface area contributed by atoms with Crippen molar-refractivity contribution in [2.45, 2.75) is 34.3 Å². The largest absolute Gasteiger partial charge is 0.327 e. The fourth-order valence-electron chi connectivity index (χ4n) is 1.69. The van der Waals surface area contributed by atoms with Gasteiger partial charge in [-0.3, -0.25) is 0 Å². The van der Waals surface area contributed by atoms with Gasteiger partial charge in [0.2, 0.25) is 5.60 Å². The molecule has 12 heavy (non-hydrogen) atoms. The normalized spacial score (nSPS) is 49.2. The molecule has 2 nitrogen and oxygen atoms in total. The molecule has 2 fully saturated rings. The van der Waals surface area contributed by atoms with Crippen molar-refractivity contribution < 1.29 is 4.74 Å². The number of alkyl halides is 3. The van der Waals surface area contributed by atoms with Crippen molar-refractivity contribution >= 4 is 34.8 Å². The van der Waals surface area contributed by atoms with Gasteiger partial charge in [-0.15, -0.1) is 0 Å². The van der Waals surface area contributed by atoms with Gasteiger partial charge in [0.25, 0.3) is 0 Å². The maximum absolute atomic E-state index is 8.86. The molecule has 2 aliphatic rings. The second-order valence-corrected chi connectivity index (χ2v) is 5.28. The molecule has 1 saturated heterocycles. The molecule has 1 aliphatic carbocycles. The molecule has 0 spiro atoms. The van der Waals surface area contributed by atoms with Gasteiger partial charge in [-0.1, -0.05) is 34.8 Å². The number of nitriles is 1. The Morgan fingerprint density at radius 1 is 1.25 bits per heavy atom. The van der Waals surface area contributed by atoms with E-state index in [4.69, 9.17) is 44.8 Å². The van der Waals surface area contributed by atoms with Gasteiger partial charge in [0.15, 0.2) is 9.39 Å².